The van der Waals surface area contributed by atoms with Gasteiger partial charge in [0.25, 0.3) is 0 Å². The van der Waals surface area contributed by atoms with Gasteiger partial charge >= 0.3 is 0 Å². The van der Waals surface area contributed by atoms with E-state index in [-0.39, 0.29) is 31.0 Å². The summed E-state index contributed by atoms with van der Waals surface area (Å²) in [7, 11) is 0. The lowest BCUT2D eigenvalue weighted by Crippen LogP contribution is -2.17. The molecule has 2 N–H and O–H groups in total. The number of hydrogen-bond donors (Lipinski definition) is 2. The number of benzene rings is 1. The first-order valence-electron chi connectivity index (χ1n) is 8.32. The second kappa shape index (κ2) is 8.69. The minimum Gasteiger partial charge on any atom is -0.349 e. The Morgan fingerprint density at radius 1 is 1.22 bits per heavy atom. The number of anilines is 1. The number of aromatic amines is 1. The minimum atomic E-state index is 0. The summed E-state index contributed by atoms with van der Waals surface area (Å²) < 4.78 is 4.83. The maximum atomic E-state index is 5.41. The lowest BCUT2D eigenvalue weighted by atomic mass is 10.2. The van der Waals surface area contributed by atoms with Crippen molar-refractivity contribution in [2.45, 2.75) is 33.0 Å². The summed E-state index contributed by atoms with van der Waals surface area (Å²) in [6.45, 7) is 5.02. The lowest BCUT2D eigenvalue weighted by Gasteiger charge is -2.19. The van der Waals surface area contributed by atoms with Crippen LogP contribution in [0.2, 0.25) is 0 Å². The van der Waals surface area contributed by atoms with Crippen LogP contribution in [-0.2, 0) is 6.54 Å². The van der Waals surface area contributed by atoms with Gasteiger partial charge in [-0.25, -0.2) is 15.0 Å². The summed E-state index contributed by atoms with van der Waals surface area (Å²) in [4.78, 5) is 16.3. The molecule has 0 saturated carbocycles. The predicted octanol–water partition coefficient (Wildman–Crippen LogP) is 4.72. The molecule has 4 aromatic rings. The van der Waals surface area contributed by atoms with E-state index in [0.717, 1.165) is 45.5 Å². The van der Waals surface area contributed by atoms with Crippen molar-refractivity contribution < 1.29 is 0 Å². The first kappa shape index (κ1) is 21.1. The van der Waals surface area contributed by atoms with Gasteiger partial charge < -0.3 is 19.4 Å². The number of H-pyrrole nitrogens is 1. The molecule has 0 aliphatic rings. The third kappa shape index (κ3) is 3.78. The summed E-state index contributed by atoms with van der Waals surface area (Å²) >= 11 is 5.41. The molecule has 0 aliphatic heterocycles. The van der Waals surface area contributed by atoms with E-state index < -0.39 is 0 Å². The van der Waals surface area contributed by atoms with Crippen LogP contribution in [-0.4, -0.2) is 29.1 Å². The van der Waals surface area contributed by atoms with Gasteiger partial charge in [-0.2, -0.15) is 0 Å². The van der Waals surface area contributed by atoms with E-state index in [1.165, 1.54) is 0 Å². The molecule has 144 valence electrons. The SMILES string of the molecule is CCC(Nc1ncnc2cc3c(cc12)[nH]c(=S)n3CC)n1ccnc1.Cl.Cl. The van der Waals surface area contributed by atoms with E-state index in [9.17, 15) is 0 Å². The number of hydrogen-bond acceptors (Lipinski definition) is 5. The third-order valence-electron chi connectivity index (χ3n) is 4.42. The number of rotatable bonds is 5. The molecule has 0 aliphatic carbocycles. The molecule has 4 rings (SSSR count). The highest BCUT2D eigenvalue weighted by molar-refractivity contribution is 7.71. The van der Waals surface area contributed by atoms with Crippen LogP contribution in [0.3, 0.4) is 0 Å². The van der Waals surface area contributed by atoms with Crippen LogP contribution >= 0.6 is 37.0 Å². The van der Waals surface area contributed by atoms with Crippen molar-refractivity contribution in [2.24, 2.45) is 0 Å². The maximum Gasteiger partial charge on any atom is 0.178 e. The molecule has 7 nitrogen and oxygen atoms in total. The van der Waals surface area contributed by atoms with Gasteiger partial charge in [0.15, 0.2) is 4.77 Å². The second-order valence-corrected chi connectivity index (χ2v) is 6.25. The number of halogens is 2. The first-order chi connectivity index (χ1) is 12.2. The number of aryl methyl sites for hydroxylation is 1. The van der Waals surface area contributed by atoms with Gasteiger partial charge in [-0.1, -0.05) is 6.92 Å². The van der Waals surface area contributed by atoms with Crippen LogP contribution in [0, 0.1) is 4.77 Å². The second-order valence-electron chi connectivity index (χ2n) is 5.86. The highest BCUT2D eigenvalue weighted by Gasteiger charge is 2.13. The Morgan fingerprint density at radius 3 is 2.70 bits per heavy atom. The molecule has 0 fully saturated rings. The highest BCUT2D eigenvalue weighted by Crippen LogP contribution is 2.27. The molecule has 0 bridgehead atoms. The van der Waals surface area contributed by atoms with E-state index >= 15 is 0 Å². The van der Waals surface area contributed by atoms with Crippen LogP contribution in [0.5, 0.6) is 0 Å². The predicted molar refractivity (Wildman–Crippen MR) is 116 cm³/mol. The van der Waals surface area contributed by atoms with Gasteiger partial charge in [-0.15, -0.1) is 24.8 Å². The van der Waals surface area contributed by atoms with E-state index in [1.807, 2.05) is 10.8 Å². The van der Waals surface area contributed by atoms with Crippen molar-refractivity contribution in [1.29, 1.82) is 0 Å². The van der Waals surface area contributed by atoms with Crippen LogP contribution < -0.4 is 5.32 Å². The van der Waals surface area contributed by atoms with Crippen LogP contribution in [0.15, 0.2) is 37.2 Å². The maximum absolute atomic E-state index is 5.41. The zero-order valence-corrected chi connectivity index (χ0v) is 17.4. The molecule has 3 aromatic heterocycles. The first-order valence-corrected chi connectivity index (χ1v) is 8.73. The van der Waals surface area contributed by atoms with Crippen LogP contribution in [0.1, 0.15) is 26.4 Å². The summed E-state index contributed by atoms with van der Waals surface area (Å²) in [5, 5.41) is 4.47. The summed E-state index contributed by atoms with van der Waals surface area (Å²) in [5.74, 6) is 0.802. The smallest absolute Gasteiger partial charge is 0.178 e. The molecule has 1 aromatic carbocycles. The number of nitrogens with zero attached hydrogens (tertiary/aromatic N) is 5. The van der Waals surface area contributed by atoms with Gasteiger partial charge in [0, 0.05) is 24.3 Å². The molecular weight excluding hydrogens is 405 g/mol. The fourth-order valence-electron chi connectivity index (χ4n) is 3.14. The van der Waals surface area contributed by atoms with Gasteiger partial charge in [0.2, 0.25) is 0 Å². The average Bonchev–Trinajstić information content (AvgIpc) is 3.24. The summed E-state index contributed by atoms with van der Waals surface area (Å²) in [6, 6.07) is 4.13. The van der Waals surface area contributed by atoms with Crippen molar-refractivity contribution in [1.82, 2.24) is 29.1 Å². The number of aromatic nitrogens is 6. The van der Waals surface area contributed by atoms with E-state index in [0.29, 0.717) is 0 Å². The molecule has 10 heteroatoms. The summed E-state index contributed by atoms with van der Waals surface area (Å²) in [6.07, 6.45) is 8.10. The zero-order chi connectivity index (χ0) is 17.4. The molecular formula is C17H21Cl2N7S. The average molecular weight is 426 g/mol. The van der Waals surface area contributed by atoms with Crippen molar-refractivity contribution in [2.75, 3.05) is 5.32 Å². The van der Waals surface area contributed by atoms with E-state index in [1.54, 1.807) is 18.9 Å². The Hall–Kier alpha value is -2.16. The Kier molecular flexibility index (Phi) is 6.80. The Bertz CT molecular complexity index is 1090. The molecule has 0 spiro atoms. The molecule has 27 heavy (non-hydrogen) atoms. The van der Waals surface area contributed by atoms with Crippen LogP contribution in [0.25, 0.3) is 21.9 Å². The van der Waals surface area contributed by atoms with Crippen molar-refractivity contribution in [3.8, 4) is 0 Å². The molecule has 3 heterocycles. The molecule has 0 radical (unpaired) electrons. The Balaban J connectivity index is 0.00000131. The quantitative estimate of drug-likeness (QED) is 0.452. The molecule has 0 saturated heterocycles. The fourth-order valence-corrected chi connectivity index (χ4v) is 3.47. The largest absolute Gasteiger partial charge is 0.349 e. The van der Waals surface area contributed by atoms with Crippen molar-refractivity contribution in [3.05, 3.63) is 42.0 Å². The van der Waals surface area contributed by atoms with Crippen molar-refractivity contribution >= 4 is 64.8 Å². The topological polar surface area (TPSA) is 76.3 Å². The highest BCUT2D eigenvalue weighted by atomic mass is 35.5. The Morgan fingerprint density at radius 2 is 2.04 bits per heavy atom. The zero-order valence-electron chi connectivity index (χ0n) is 14.9. The number of nitrogens with one attached hydrogen (secondary N) is 2. The normalized spacial score (nSPS) is 11.8. The van der Waals surface area contributed by atoms with E-state index in [4.69, 9.17) is 12.2 Å². The molecule has 0 amide bonds. The monoisotopic (exact) mass is 425 g/mol. The number of imidazole rings is 2. The van der Waals surface area contributed by atoms with Crippen LogP contribution in [0.4, 0.5) is 5.82 Å². The number of fused-ring (bicyclic) bond motifs is 2. The van der Waals surface area contributed by atoms with E-state index in [2.05, 4.69) is 55.8 Å². The lowest BCUT2D eigenvalue weighted by molar-refractivity contribution is 0.543. The van der Waals surface area contributed by atoms with Gasteiger partial charge in [0.05, 0.1) is 22.9 Å². The Labute approximate surface area is 174 Å². The molecule has 1 atom stereocenters. The van der Waals surface area contributed by atoms with Crippen molar-refractivity contribution in [3.63, 3.8) is 0 Å². The van der Waals surface area contributed by atoms with Gasteiger partial charge in [0.1, 0.15) is 18.3 Å². The van der Waals surface area contributed by atoms with Gasteiger partial charge in [-0.05, 0) is 37.7 Å². The standard InChI is InChI=1S/C17H19N7S.2ClH/c1-3-15(23-6-5-18-10-23)22-16-11-7-13-14(8-12(11)19-9-20-16)24(4-2)17(25)21-13;;/h5-10,15H,3-4H2,1-2H3,(H,21,25)(H,19,20,22);2*1H. The fraction of sp³-hybridized carbons (Fsp3) is 0.294. The minimum absolute atomic E-state index is 0. The summed E-state index contributed by atoms with van der Waals surface area (Å²) in [5.41, 5.74) is 2.95. The third-order valence-corrected chi connectivity index (χ3v) is 4.74. The molecule has 1 unspecified atom stereocenters. The van der Waals surface area contributed by atoms with Gasteiger partial charge in [-0.3, -0.25) is 0 Å².